The fraction of sp³-hybridized carbons (Fsp3) is 0.385. The number of rotatable bonds is 10. The van der Waals surface area contributed by atoms with E-state index in [1.165, 1.54) is 0 Å². The predicted octanol–water partition coefficient (Wildman–Crippen LogP) is 4.35. The summed E-state index contributed by atoms with van der Waals surface area (Å²) in [6.45, 7) is 11.2. The Kier molecular flexibility index (Phi) is 14.2. The van der Waals surface area contributed by atoms with Crippen LogP contribution in [-0.2, 0) is 42.3 Å². The van der Waals surface area contributed by atoms with Crippen LogP contribution < -0.4 is 4.90 Å². The second kappa shape index (κ2) is 16.3. The van der Waals surface area contributed by atoms with Crippen molar-refractivity contribution in [2.24, 2.45) is 20.4 Å². The molecule has 2 aromatic carbocycles. The Balaban J connectivity index is 0.00000648. The van der Waals surface area contributed by atoms with Crippen molar-refractivity contribution >= 4 is 52.7 Å². The molecular weight excluding hydrogens is 538 g/mol. The summed E-state index contributed by atoms with van der Waals surface area (Å²) < 4.78 is 0. The summed E-state index contributed by atoms with van der Waals surface area (Å²) in [7, 11) is 4.01. The molecule has 36 heavy (non-hydrogen) atoms. The quantitative estimate of drug-likeness (QED) is 0.139. The van der Waals surface area contributed by atoms with Crippen molar-refractivity contribution in [1.82, 2.24) is 9.80 Å². The van der Waals surface area contributed by atoms with Crippen LogP contribution in [0.4, 0.5) is 5.69 Å². The largest absolute Gasteiger partial charge is 2.00 e. The molecule has 0 aromatic heterocycles. The standard InChI is InChI=1S/C26H37N7S2.Cu/c1-7-32(8-2)25(34)29-27-23(20-14-12-11-13-15-20)24(28-30-26(35)33(9-3)10-4)21-16-18-22(19-17-21)31(5)6;/h11-19H,7-10H2,1-6H3,(H,29,34)(H,30,35);/q;+2/p-2. The summed E-state index contributed by atoms with van der Waals surface area (Å²) in [5.41, 5.74) is 3.94. The maximum absolute atomic E-state index is 5.53. The zero-order valence-corrected chi connectivity index (χ0v) is 24.3. The minimum Gasteiger partial charge on any atom is -0.741 e. The topological polar surface area (TPSA) is 59.2 Å². The Morgan fingerprint density at radius 1 is 0.611 bits per heavy atom. The van der Waals surface area contributed by atoms with E-state index < -0.39 is 0 Å². The molecular formula is C26H35CuN7S2. The van der Waals surface area contributed by atoms with Gasteiger partial charge in [-0.2, -0.15) is 10.2 Å². The number of nitrogens with zero attached hydrogens (tertiary/aromatic N) is 7. The van der Waals surface area contributed by atoms with Gasteiger partial charge in [-0.25, -0.2) is 0 Å². The molecule has 0 saturated carbocycles. The third-order valence-corrected chi connectivity index (χ3v) is 6.15. The van der Waals surface area contributed by atoms with E-state index in [1.54, 1.807) is 0 Å². The second-order valence-electron chi connectivity index (χ2n) is 7.81. The van der Waals surface area contributed by atoms with Crippen LogP contribution in [0.5, 0.6) is 0 Å². The van der Waals surface area contributed by atoms with Gasteiger partial charge in [-0.15, -0.1) is 10.2 Å². The predicted molar refractivity (Wildman–Crippen MR) is 156 cm³/mol. The van der Waals surface area contributed by atoms with Crippen LogP contribution in [0.15, 0.2) is 75.0 Å². The van der Waals surface area contributed by atoms with Gasteiger partial charge < -0.3 is 40.0 Å². The molecule has 2 aromatic rings. The van der Waals surface area contributed by atoms with E-state index in [4.69, 9.17) is 25.3 Å². The van der Waals surface area contributed by atoms with E-state index in [0.717, 1.165) is 43.0 Å². The van der Waals surface area contributed by atoms with Gasteiger partial charge in [0.15, 0.2) is 0 Å². The van der Waals surface area contributed by atoms with E-state index in [2.05, 4.69) is 20.4 Å². The van der Waals surface area contributed by atoms with Gasteiger partial charge in [0.1, 0.15) is 11.4 Å². The Labute approximate surface area is 237 Å². The van der Waals surface area contributed by atoms with Gasteiger partial charge in [-0.3, -0.25) is 0 Å². The second-order valence-corrected chi connectivity index (χ2v) is 8.54. The van der Waals surface area contributed by atoms with Crippen molar-refractivity contribution in [3.05, 3.63) is 65.7 Å². The van der Waals surface area contributed by atoms with Crippen LogP contribution in [-0.4, -0.2) is 71.8 Å². The first-order valence-corrected chi connectivity index (χ1v) is 12.7. The zero-order valence-electron chi connectivity index (χ0n) is 21.8. The van der Waals surface area contributed by atoms with Gasteiger partial charge in [0.05, 0.1) is 0 Å². The maximum Gasteiger partial charge on any atom is 2.00 e. The average Bonchev–Trinajstić information content (AvgIpc) is 2.88. The molecule has 10 heteroatoms. The Bertz CT molecular complexity index is 1040. The smallest absolute Gasteiger partial charge is 0.741 e. The minimum absolute atomic E-state index is 0. The van der Waals surface area contributed by atoms with E-state index in [0.29, 0.717) is 21.8 Å². The molecule has 0 spiro atoms. The molecule has 0 unspecified atom stereocenters. The Morgan fingerprint density at radius 2 is 1.00 bits per heavy atom. The van der Waals surface area contributed by atoms with E-state index >= 15 is 0 Å². The van der Waals surface area contributed by atoms with Crippen molar-refractivity contribution < 1.29 is 17.1 Å². The van der Waals surface area contributed by atoms with Crippen molar-refractivity contribution in [3.63, 3.8) is 0 Å². The van der Waals surface area contributed by atoms with Crippen molar-refractivity contribution in [2.45, 2.75) is 27.7 Å². The minimum atomic E-state index is 0. The molecule has 0 heterocycles. The molecule has 0 aliphatic heterocycles. The van der Waals surface area contributed by atoms with Crippen LogP contribution in [0, 0.1) is 0 Å². The normalized spacial score (nSPS) is 12.7. The van der Waals surface area contributed by atoms with E-state index in [1.807, 2.05) is 111 Å². The fourth-order valence-corrected chi connectivity index (χ4v) is 3.90. The first-order valence-electron chi connectivity index (χ1n) is 11.8. The van der Waals surface area contributed by atoms with Crippen molar-refractivity contribution in [1.29, 1.82) is 0 Å². The summed E-state index contributed by atoms with van der Waals surface area (Å²) in [6.07, 6.45) is 0. The van der Waals surface area contributed by atoms with Gasteiger partial charge in [-0.1, -0.05) is 42.5 Å². The van der Waals surface area contributed by atoms with Gasteiger partial charge in [-0.05, 0) is 39.8 Å². The maximum atomic E-state index is 5.53. The van der Waals surface area contributed by atoms with Crippen LogP contribution in [0.2, 0.25) is 0 Å². The molecule has 2 rings (SSSR count). The molecule has 0 bridgehead atoms. The number of anilines is 1. The number of hydrogen-bond acceptors (Lipinski definition) is 7. The molecule has 7 nitrogen and oxygen atoms in total. The van der Waals surface area contributed by atoms with Crippen molar-refractivity contribution in [3.8, 4) is 0 Å². The van der Waals surface area contributed by atoms with Crippen molar-refractivity contribution in [2.75, 3.05) is 45.2 Å². The first kappa shape index (κ1) is 31.5. The Morgan fingerprint density at radius 3 is 1.36 bits per heavy atom. The summed E-state index contributed by atoms with van der Waals surface area (Å²) in [5.74, 6) is 0. The third kappa shape index (κ3) is 8.85. The average molecular weight is 573 g/mol. The van der Waals surface area contributed by atoms with E-state index in [9.17, 15) is 0 Å². The summed E-state index contributed by atoms with van der Waals surface area (Å²) in [6, 6.07) is 17.9. The van der Waals surface area contributed by atoms with Gasteiger partial charge in [0.25, 0.3) is 0 Å². The molecule has 0 amide bonds. The zero-order chi connectivity index (χ0) is 25.8. The molecule has 0 fully saturated rings. The first-order chi connectivity index (χ1) is 16.9. The summed E-state index contributed by atoms with van der Waals surface area (Å²) in [5, 5.41) is 18.9. The third-order valence-electron chi connectivity index (χ3n) is 5.47. The fourth-order valence-electron chi connectivity index (χ4n) is 3.30. The molecule has 0 aliphatic rings. The SMILES string of the molecule is CCN(CC)C([S-])=NN=C(C(=NN=C([S-])N(CC)CC)c1ccc(N(C)C)cc1)c1ccccc1.[Cu+2]. The van der Waals surface area contributed by atoms with Crippen LogP contribution in [0.25, 0.3) is 0 Å². The van der Waals surface area contributed by atoms with Crippen LogP contribution in [0.3, 0.4) is 0 Å². The Hall–Kier alpha value is -2.52. The number of benzene rings is 2. The molecule has 0 N–H and O–H groups in total. The van der Waals surface area contributed by atoms with Crippen LogP contribution in [0.1, 0.15) is 38.8 Å². The molecule has 0 atom stereocenters. The van der Waals surface area contributed by atoms with E-state index in [-0.39, 0.29) is 17.1 Å². The molecule has 0 aliphatic carbocycles. The summed E-state index contributed by atoms with van der Waals surface area (Å²) in [4.78, 5) is 6.00. The van der Waals surface area contributed by atoms with Gasteiger partial charge in [0.2, 0.25) is 0 Å². The molecule has 1 radical (unpaired) electrons. The van der Waals surface area contributed by atoms with Gasteiger partial charge in [0, 0.05) is 67.4 Å². The van der Waals surface area contributed by atoms with Crippen LogP contribution >= 0.6 is 0 Å². The monoisotopic (exact) mass is 572 g/mol. The molecule has 197 valence electrons. The number of hydrogen-bond donors (Lipinski definition) is 0. The molecule has 0 saturated heterocycles. The summed E-state index contributed by atoms with van der Waals surface area (Å²) >= 11 is 11.0. The van der Waals surface area contributed by atoms with Gasteiger partial charge >= 0.3 is 17.1 Å². The number of amidine groups is 2.